The molecule has 2 amide bonds. The number of benzene rings is 2. The first-order chi connectivity index (χ1) is 13.3. The third kappa shape index (κ3) is 5.73. The van der Waals surface area contributed by atoms with Crippen molar-refractivity contribution in [2.75, 3.05) is 13.7 Å². The summed E-state index contributed by atoms with van der Waals surface area (Å²) in [5.74, 6) is 0.250. The molecule has 0 bridgehead atoms. The SMILES string of the molecule is CCOc1ccccc1CN(C)C(=O)C(NC(=O)c1ccc(Cl)cc1)C(C)C. The van der Waals surface area contributed by atoms with Gasteiger partial charge in [0.15, 0.2) is 0 Å². The van der Waals surface area contributed by atoms with Gasteiger partial charge in [-0.25, -0.2) is 0 Å². The lowest BCUT2D eigenvalue weighted by atomic mass is 10.0. The predicted octanol–water partition coefficient (Wildman–Crippen LogP) is 4.15. The van der Waals surface area contributed by atoms with Gasteiger partial charge in [-0.05, 0) is 43.2 Å². The first-order valence-corrected chi connectivity index (χ1v) is 9.73. The third-order valence-electron chi connectivity index (χ3n) is 4.38. The van der Waals surface area contributed by atoms with Crippen LogP contribution in [0.3, 0.4) is 0 Å². The molecule has 0 saturated carbocycles. The molecular weight excluding hydrogens is 376 g/mol. The Balaban J connectivity index is 2.11. The molecule has 1 atom stereocenters. The number of para-hydroxylation sites is 1. The van der Waals surface area contributed by atoms with Crippen LogP contribution in [0.4, 0.5) is 0 Å². The van der Waals surface area contributed by atoms with E-state index in [-0.39, 0.29) is 17.7 Å². The van der Waals surface area contributed by atoms with Gasteiger partial charge in [0.05, 0.1) is 6.61 Å². The molecule has 2 aromatic carbocycles. The molecule has 28 heavy (non-hydrogen) atoms. The van der Waals surface area contributed by atoms with Crippen LogP contribution in [-0.2, 0) is 11.3 Å². The highest BCUT2D eigenvalue weighted by Crippen LogP contribution is 2.20. The lowest BCUT2D eigenvalue weighted by Crippen LogP contribution is -2.50. The maximum absolute atomic E-state index is 13.0. The number of ether oxygens (including phenoxy) is 1. The van der Waals surface area contributed by atoms with E-state index in [1.165, 1.54) is 0 Å². The Kier molecular flexibility index (Phi) is 7.88. The summed E-state index contributed by atoms with van der Waals surface area (Å²) in [6.45, 7) is 6.70. The Labute approximate surface area is 171 Å². The molecule has 0 spiro atoms. The van der Waals surface area contributed by atoms with Gasteiger partial charge in [-0.15, -0.1) is 0 Å². The van der Waals surface area contributed by atoms with E-state index in [9.17, 15) is 9.59 Å². The predicted molar refractivity (Wildman–Crippen MR) is 112 cm³/mol. The molecule has 2 aromatic rings. The van der Waals surface area contributed by atoms with Crippen molar-refractivity contribution in [3.63, 3.8) is 0 Å². The number of halogens is 1. The summed E-state index contributed by atoms with van der Waals surface area (Å²) >= 11 is 5.87. The highest BCUT2D eigenvalue weighted by Gasteiger charge is 2.27. The van der Waals surface area contributed by atoms with E-state index in [1.54, 1.807) is 36.2 Å². The van der Waals surface area contributed by atoms with Crippen molar-refractivity contribution in [3.05, 3.63) is 64.7 Å². The number of nitrogens with one attached hydrogen (secondary N) is 1. The maximum Gasteiger partial charge on any atom is 0.251 e. The zero-order valence-electron chi connectivity index (χ0n) is 16.7. The van der Waals surface area contributed by atoms with Crippen molar-refractivity contribution < 1.29 is 14.3 Å². The number of amides is 2. The Morgan fingerprint density at radius 1 is 1.11 bits per heavy atom. The van der Waals surface area contributed by atoms with Gasteiger partial charge in [-0.3, -0.25) is 9.59 Å². The van der Waals surface area contributed by atoms with Crippen molar-refractivity contribution in [2.24, 2.45) is 5.92 Å². The Bertz CT molecular complexity index is 806. The van der Waals surface area contributed by atoms with E-state index in [4.69, 9.17) is 16.3 Å². The molecule has 0 radical (unpaired) electrons. The molecule has 6 heteroatoms. The summed E-state index contributed by atoms with van der Waals surface area (Å²) < 4.78 is 5.64. The zero-order chi connectivity index (χ0) is 20.7. The number of likely N-dealkylation sites (N-methyl/N-ethyl adjacent to an activating group) is 1. The monoisotopic (exact) mass is 402 g/mol. The van der Waals surface area contributed by atoms with Gasteiger partial charge in [0.1, 0.15) is 11.8 Å². The molecular formula is C22H27ClN2O3. The largest absolute Gasteiger partial charge is 0.494 e. The van der Waals surface area contributed by atoms with Crippen LogP contribution in [0.5, 0.6) is 5.75 Å². The standard InChI is InChI=1S/C22H27ClN2O3/c1-5-28-19-9-7-6-8-17(19)14-25(4)22(27)20(15(2)3)24-21(26)16-10-12-18(23)13-11-16/h6-13,15,20H,5,14H2,1-4H3,(H,24,26). The molecule has 1 N–H and O–H groups in total. The van der Waals surface area contributed by atoms with Crippen LogP contribution < -0.4 is 10.1 Å². The molecule has 0 aliphatic carbocycles. The molecule has 150 valence electrons. The number of rotatable bonds is 8. The van der Waals surface area contributed by atoms with E-state index >= 15 is 0 Å². The van der Waals surface area contributed by atoms with E-state index in [0.29, 0.717) is 23.7 Å². The van der Waals surface area contributed by atoms with Gasteiger partial charge >= 0.3 is 0 Å². The minimum atomic E-state index is -0.632. The van der Waals surface area contributed by atoms with Crippen LogP contribution in [0, 0.1) is 5.92 Å². The highest BCUT2D eigenvalue weighted by molar-refractivity contribution is 6.30. The average molecular weight is 403 g/mol. The molecule has 0 aliphatic rings. The summed E-state index contributed by atoms with van der Waals surface area (Å²) in [7, 11) is 1.73. The fourth-order valence-corrected chi connectivity index (χ4v) is 2.97. The first-order valence-electron chi connectivity index (χ1n) is 9.35. The average Bonchev–Trinajstić information content (AvgIpc) is 2.67. The summed E-state index contributed by atoms with van der Waals surface area (Å²) in [6, 6.07) is 13.6. The van der Waals surface area contributed by atoms with Crippen LogP contribution >= 0.6 is 11.6 Å². The van der Waals surface area contributed by atoms with Crippen LogP contribution in [0.15, 0.2) is 48.5 Å². The van der Waals surface area contributed by atoms with E-state index in [1.807, 2.05) is 45.0 Å². The minimum Gasteiger partial charge on any atom is -0.494 e. The summed E-state index contributed by atoms with van der Waals surface area (Å²) in [5, 5.41) is 3.41. The maximum atomic E-state index is 13.0. The van der Waals surface area contributed by atoms with Crippen molar-refractivity contribution in [1.29, 1.82) is 0 Å². The second-order valence-electron chi connectivity index (χ2n) is 6.94. The van der Waals surface area contributed by atoms with Gasteiger partial charge < -0.3 is 15.0 Å². The lowest BCUT2D eigenvalue weighted by Gasteiger charge is -2.27. The van der Waals surface area contributed by atoms with Gasteiger partial charge in [0, 0.05) is 29.7 Å². The van der Waals surface area contributed by atoms with Crippen molar-refractivity contribution in [3.8, 4) is 5.75 Å². The topological polar surface area (TPSA) is 58.6 Å². The van der Waals surface area contributed by atoms with Crippen LogP contribution in [0.1, 0.15) is 36.7 Å². The number of carbonyl (C=O) groups excluding carboxylic acids is 2. The fourth-order valence-electron chi connectivity index (χ4n) is 2.84. The second-order valence-corrected chi connectivity index (χ2v) is 7.37. The highest BCUT2D eigenvalue weighted by atomic mass is 35.5. The molecule has 0 saturated heterocycles. The molecule has 2 rings (SSSR count). The van der Waals surface area contributed by atoms with Crippen molar-refractivity contribution >= 4 is 23.4 Å². The van der Waals surface area contributed by atoms with Gasteiger partial charge in [0.2, 0.25) is 5.91 Å². The quantitative estimate of drug-likeness (QED) is 0.721. The lowest BCUT2D eigenvalue weighted by molar-refractivity contribution is -0.133. The van der Waals surface area contributed by atoms with Gasteiger partial charge in [0.25, 0.3) is 5.91 Å². The number of carbonyl (C=O) groups is 2. The first kappa shape index (κ1) is 21.8. The Hall–Kier alpha value is -2.53. The van der Waals surface area contributed by atoms with Gasteiger partial charge in [-0.1, -0.05) is 43.6 Å². The Morgan fingerprint density at radius 2 is 1.75 bits per heavy atom. The van der Waals surface area contributed by atoms with Crippen molar-refractivity contribution in [2.45, 2.75) is 33.4 Å². The molecule has 0 heterocycles. The molecule has 1 unspecified atom stereocenters. The fraction of sp³-hybridized carbons (Fsp3) is 0.364. The summed E-state index contributed by atoms with van der Waals surface area (Å²) in [5.41, 5.74) is 1.39. The van der Waals surface area contributed by atoms with Crippen molar-refractivity contribution in [1.82, 2.24) is 10.2 Å². The molecule has 0 aromatic heterocycles. The number of hydrogen-bond donors (Lipinski definition) is 1. The number of hydrogen-bond acceptors (Lipinski definition) is 3. The Morgan fingerprint density at radius 3 is 2.36 bits per heavy atom. The van der Waals surface area contributed by atoms with Crippen LogP contribution in [-0.4, -0.2) is 36.4 Å². The van der Waals surface area contributed by atoms with Crippen LogP contribution in [0.2, 0.25) is 5.02 Å². The van der Waals surface area contributed by atoms with E-state index in [2.05, 4.69) is 5.32 Å². The molecule has 5 nitrogen and oxygen atoms in total. The van der Waals surface area contributed by atoms with E-state index in [0.717, 1.165) is 11.3 Å². The van der Waals surface area contributed by atoms with Gasteiger partial charge in [-0.2, -0.15) is 0 Å². The zero-order valence-corrected chi connectivity index (χ0v) is 17.5. The molecule has 0 aliphatic heterocycles. The third-order valence-corrected chi connectivity index (χ3v) is 4.63. The second kappa shape index (κ2) is 10.1. The van der Waals surface area contributed by atoms with E-state index < -0.39 is 6.04 Å². The molecule has 0 fully saturated rings. The smallest absolute Gasteiger partial charge is 0.251 e. The summed E-state index contributed by atoms with van der Waals surface area (Å²) in [6.07, 6.45) is 0. The van der Waals surface area contributed by atoms with Crippen LogP contribution in [0.25, 0.3) is 0 Å². The minimum absolute atomic E-state index is 0.0617. The normalized spacial score (nSPS) is 11.8. The summed E-state index contributed by atoms with van der Waals surface area (Å²) in [4.78, 5) is 27.2. The number of nitrogens with zero attached hydrogens (tertiary/aromatic N) is 1.